The van der Waals surface area contributed by atoms with E-state index in [-0.39, 0.29) is 37.2 Å². The van der Waals surface area contributed by atoms with Crippen LogP contribution in [-0.4, -0.2) is 71.7 Å². The van der Waals surface area contributed by atoms with Crippen LogP contribution in [0.1, 0.15) is 77.2 Å². The lowest BCUT2D eigenvalue weighted by atomic mass is 9.96. The smallest absolute Gasteiger partial charge is 0.246 e. The number of amides is 5. The number of carbonyl (C=O) groups is 5. The molecule has 4 rings (SSSR count). The lowest BCUT2D eigenvalue weighted by Gasteiger charge is -2.35. The zero-order chi connectivity index (χ0) is 39.4. The molecule has 11 nitrogen and oxygen atoms in total. The molecule has 11 heteroatoms. The minimum Gasteiger partial charge on any atom is -0.366 e. The summed E-state index contributed by atoms with van der Waals surface area (Å²) in [5, 5.41) is 11.7. The summed E-state index contributed by atoms with van der Waals surface area (Å²) < 4.78 is 6.50. The van der Waals surface area contributed by atoms with Gasteiger partial charge in [0.25, 0.3) is 0 Å². The maximum Gasteiger partial charge on any atom is 0.246 e. The van der Waals surface area contributed by atoms with E-state index in [1.165, 1.54) is 4.90 Å². The Morgan fingerprint density at radius 1 is 0.574 bits per heavy atom. The van der Waals surface area contributed by atoms with Crippen LogP contribution < -0.4 is 21.3 Å². The standard InChI is InChI=1S/C43H57N5O6/c1-27(2)23-33-40(50)47-36(38(32-21-15-10-16-22-32)54-26-31-19-13-9-14-20-31)41(51)44-34(25-30-17-11-8-12-18-30)39(49)46-35(24-28(3)4)43(53)48(7)37(29(5)6)42(52)45-33/h8-22,27-29,33-38H,23-26H2,1-7H3,(H,44,51)(H,45,52)(H,46,49)(H,47,50)/t33-,34+,35+,36+,37-,38+/m0/s1. The molecule has 5 amide bonds. The van der Waals surface area contributed by atoms with Crippen molar-refractivity contribution in [1.82, 2.24) is 26.2 Å². The molecule has 0 unspecified atom stereocenters. The summed E-state index contributed by atoms with van der Waals surface area (Å²) in [6.45, 7) is 11.6. The predicted molar refractivity (Wildman–Crippen MR) is 209 cm³/mol. The molecule has 1 fully saturated rings. The van der Waals surface area contributed by atoms with E-state index in [1.54, 1.807) is 7.05 Å². The van der Waals surface area contributed by atoms with E-state index in [4.69, 9.17) is 4.74 Å². The van der Waals surface area contributed by atoms with E-state index in [9.17, 15) is 24.0 Å². The topological polar surface area (TPSA) is 146 Å². The fourth-order valence-corrected chi connectivity index (χ4v) is 6.87. The van der Waals surface area contributed by atoms with Gasteiger partial charge in [-0.25, -0.2) is 0 Å². The Hall–Kier alpha value is -5.03. The Balaban J connectivity index is 1.87. The molecule has 0 aromatic heterocycles. The molecule has 0 radical (unpaired) electrons. The highest BCUT2D eigenvalue weighted by molar-refractivity contribution is 5.98. The quantitative estimate of drug-likeness (QED) is 0.212. The molecule has 0 bridgehead atoms. The van der Waals surface area contributed by atoms with Gasteiger partial charge in [-0.3, -0.25) is 24.0 Å². The second-order valence-corrected chi connectivity index (χ2v) is 15.4. The average molecular weight is 740 g/mol. The number of carbonyl (C=O) groups excluding carboxylic acids is 5. The SMILES string of the molecule is CC(C)C[C@@H]1NC(=O)[C@H](C(C)C)N(C)C(=O)[C@@H](CC(C)C)NC(=O)[C@@H](Cc2ccccc2)NC(=O)[C@@H]([C@H](OCc2ccccc2)c2ccccc2)NC1=O. The summed E-state index contributed by atoms with van der Waals surface area (Å²) in [6.07, 6.45) is -0.313. The van der Waals surface area contributed by atoms with Crippen LogP contribution in [-0.2, 0) is 41.7 Å². The first-order chi connectivity index (χ1) is 25.7. The maximum atomic E-state index is 14.7. The third-order valence-corrected chi connectivity index (χ3v) is 9.53. The van der Waals surface area contributed by atoms with Crippen molar-refractivity contribution in [3.05, 3.63) is 108 Å². The highest BCUT2D eigenvalue weighted by Crippen LogP contribution is 2.25. The number of rotatable bonds is 12. The van der Waals surface area contributed by atoms with E-state index >= 15 is 0 Å². The molecule has 1 heterocycles. The first-order valence-corrected chi connectivity index (χ1v) is 19.0. The van der Waals surface area contributed by atoms with Crippen LogP contribution in [0.15, 0.2) is 91.0 Å². The van der Waals surface area contributed by atoms with E-state index in [2.05, 4.69) is 21.3 Å². The van der Waals surface area contributed by atoms with Gasteiger partial charge >= 0.3 is 0 Å². The molecule has 3 aromatic carbocycles. The molecule has 3 aromatic rings. The number of likely N-dealkylation sites (N-methyl/N-ethyl adjacent to an activating group) is 1. The van der Waals surface area contributed by atoms with Crippen molar-refractivity contribution in [2.24, 2.45) is 17.8 Å². The number of nitrogens with zero attached hydrogens (tertiary/aromatic N) is 1. The summed E-state index contributed by atoms with van der Waals surface area (Å²) in [5.41, 5.74) is 2.27. The number of hydrogen-bond acceptors (Lipinski definition) is 6. The maximum absolute atomic E-state index is 14.7. The van der Waals surface area contributed by atoms with Gasteiger partial charge in [0.15, 0.2) is 0 Å². The normalized spacial score (nSPS) is 22.6. The van der Waals surface area contributed by atoms with Crippen LogP contribution in [0.5, 0.6) is 0 Å². The van der Waals surface area contributed by atoms with Gasteiger partial charge in [0, 0.05) is 13.5 Å². The van der Waals surface area contributed by atoms with Crippen molar-refractivity contribution < 1.29 is 28.7 Å². The molecule has 1 saturated heterocycles. The zero-order valence-electron chi connectivity index (χ0n) is 32.6. The number of ether oxygens (including phenoxy) is 1. The first-order valence-electron chi connectivity index (χ1n) is 19.0. The van der Waals surface area contributed by atoms with Crippen LogP contribution >= 0.6 is 0 Å². The van der Waals surface area contributed by atoms with Gasteiger partial charge in [-0.05, 0) is 47.3 Å². The van der Waals surface area contributed by atoms with Crippen LogP contribution in [0.2, 0.25) is 0 Å². The second-order valence-electron chi connectivity index (χ2n) is 15.4. The van der Waals surface area contributed by atoms with Gasteiger partial charge in [0.1, 0.15) is 36.3 Å². The van der Waals surface area contributed by atoms with Crippen molar-refractivity contribution in [1.29, 1.82) is 0 Å². The Kier molecular flexibility index (Phi) is 15.4. The fourth-order valence-electron chi connectivity index (χ4n) is 6.87. The van der Waals surface area contributed by atoms with Crippen LogP contribution in [0.4, 0.5) is 0 Å². The lowest BCUT2D eigenvalue weighted by molar-refractivity contribution is -0.144. The Labute approximate surface area is 320 Å². The Morgan fingerprint density at radius 2 is 1.06 bits per heavy atom. The molecular weight excluding hydrogens is 683 g/mol. The van der Waals surface area contributed by atoms with E-state index in [1.807, 2.05) is 133 Å². The monoisotopic (exact) mass is 739 g/mol. The molecule has 0 saturated carbocycles. The van der Waals surface area contributed by atoms with Crippen LogP contribution in [0, 0.1) is 17.8 Å². The summed E-state index contributed by atoms with van der Waals surface area (Å²) in [5.74, 6) is -3.09. The van der Waals surface area contributed by atoms with E-state index in [0.29, 0.717) is 12.0 Å². The molecule has 54 heavy (non-hydrogen) atoms. The predicted octanol–water partition coefficient (Wildman–Crippen LogP) is 4.72. The van der Waals surface area contributed by atoms with Gasteiger partial charge < -0.3 is 30.9 Å². The number of benzene rings is 3. The van der Waals surface area contributed by atoms with Gasteiger partial charge in [-0.1, -0.05) is 133 Å². The third-order valence-electron chi connectivity index (χ3n) is 9.53. The molecule has 0 spiro atoms. The summed E-state index contributed by atoms with van der Waals surface area (Å²) in [6, 6.07) is 22.4. The Morgan fingerprint density at radius 3 is 1.61 bits per heavy atom. The molecular formula is C43H57N5O6. The molecule has 1 aliphatic heterocycles. The van der Waals surface area contributed by atoms with Gasteiger partial charge in [0.2, 0.25) is 29.5 Å². The average Bonchev–Trinajstić information content (AvgIpc) is 3.13. The molecule has 0 aliphatic carbocycles. The summed E-state index contributed by atoms with van der Waals surface area (Å²) >= 11 is 0. The van der Waals surface area contributed by atoms with Crippen molar-refractivity contribution in [2.45, 2.75) is 104 Å². The van der Waals surface area contributed by atoms with Crippen molar-refractivity contribution >= 4 is 29.5 Å². The van der Waals surface area contributed by atoms with Crippen LogP contribution in [0.3, 0.4) is 0 Å². The summed E-state index contributed by atoms with van der Waals surface area (Å²) in [7, 11) is 1.55. The lowest BCUT2D eigenvalue weighted by Crippen LogP contribution is -2.60. The minimum atomic E-state index is -1.33. The minimum absolute atomic E-state index is 0.0123. The van der Waals surface area contributed by atoms with Crippen molar-refractivity contribution in [3.8, 4) is 0 Å². The third kappa shape index (κ3) is 11.7. The number of hydrogen-bond donors (Lipinski definition) is 4. The van der Waals surface area contributed by atoms with Crippen molar-refractivity contribution in [3.63, 3.8) is 0 Å². The fraction of sp³-hybridized carbons (Fsp3) is 0.465. The second kappa shape index (κ2) is 19.9. The molecule has 6 atom stereocenters. The van der Waals surface area contributed by atoms with E-state index < -0.39 is 65.8 Å². The van der Waals surface area contributed by atoms with Gasteiger partial charge in [-0.15, -0.1) is 0 Å². The Bertz CT molecular complexity index is 1680. The first kappa shape index (κ1) is 41.7. The molecule has 1 aliphatic rings. The molecule has 290 valence electrons. The highest BCUT2D eigenvalue weighted by atomic mass is 16.5. The molecule has 4 N–H and O–H groups in total. The zero-order valence-corrected chi connectivity index (χ0v) is 32.6. The number of nitrogens with one attached hydrogen (secondary N) is 4. The van der Waals surface area contributed by atoms with Crippen molar-refractivity contribution in [2.75, 3.05) is 7.05 Å². The summed E-state index contributed by atoms with van der Waals surface area (Å²) in [4.78, 5) is 73.2. The van der Waals surface area contributed by atoms with Gasteiger partial charge in [0.05, 0.1) is 6.61 Å². The van der Waals surface area contributed by atoms with Crippen LogP contribution in [0.25, 0.3) is 0 Å². The van der Waals surface area contributed by atoms with Gasteiger partial charge in [-0.2, -0.15) is 0 Å². The van der Waals surface area contributed by atoms with E-state index in [0.717, 1.165) is 11.1 Å². The largest absolute Gasteiger partial charge is 0.366 e. The highest BCUT2D eigenvalue weighted by Gasteiger charge is 2.40.